The lowest BCUT2D eigenvalue weighted by molar-refractivity contribution is -0.118. The van der Waals surface area contributed by atoms with Crippen LogP contribution in [-0.2, 0) is 4.79 Å². The second-order valence-corrected chi connectivity index (χ2v) is 5.50. The van der Waals surface area contributed by atoms with E-state index in [0.717, 1.165) is 6.42 Å². The van der Waals surface area contributed by atoms with Crippen LogP contribution in [0.3, 0.4) is 0 Å². The smallest absolute Gasteiger partial charge is 0.241 e. The van der Waals surface area contributed by atoms with Gasteiger partial charge in [0.25, 0.3) is 0 Å². The molecule has 1 saturated carbocycles. The van der Waals surface area contributed by atoms with Gasteiger partial charge in [0.15, 0.2) is 5.82 Å². The Balaban J connectivity index is 1.69. The Hall–Kier alpha value is -0.940. The molecule has 90 valence electrons. The van der Waals surface area contributed by atoms with Crippen LogP contribution < -0.4 is 10.6 Å². The van der Waals surface area contributed by atoms with Crippen molar-refractivity contribution in [3.63, 3.8) is 0 Å². The number of carbonyl (C=O) groups excluding carboxylic acids is 1. The molecule has 1 heterocycles. The van der Waals surface area contributed by atoms with Gasteiger partial charge >= 0.3 is 0 Å². The summed E-state index contributed by atoms with van der Waals surface area (Å²) < 4.78 is 14.0. The lowest BCUT2D eigenvalue weighted by atomic mass is 10.1. The summed E-state index contributed by atoms with van der Waals surface area (Å²) in [5.41, 5.74) is 0.228. The summed E-state index contributed by atoms with van der Waals surface area (Å²) in [7, 11) is 0. The zero-order valence-electron chi connectivity index (χ0n) is 9.04. The molecular weight excluding hydrogens is 287 g/mol. The molecule has 17 heavy (non-hydrogen) atoms. The molecular formula is C12H12BrFN2O. The van der Waals surface area contributed by atoms with E-state index in [1.807, 2.05) is 0 Å². The fourth-order valence-electron chi connectivity index (χ4n) is 2.34. The van der Waals surface area contributed by atoms with Gasteiger partial charge in [-0.2, -0.15) is 0 Å². The topological polar surface area (TPSA) is 41.1 Å². The lowest BCUT2D eigenvalue weighted by Gasteiger charge is -2.14. The third-order valence-corrected chi connectivity index (χ3v) is 4.01. The molecule has 2 fully saturated rings. The van der Waals surface area contributed by atoms with Gasteiger partial charge in [-0.15, -0.1) is 0 Å². The van der Waals surface area contributed by atoms with Gasteiger partial charge in [0.05, 0.1) is 16.2 Å². The van der Waals surface area contributed by atoms with Crippen molar-refractivity contribution in [3.8, 4) is 0 Å². The van der Waals surface area contributed by atoms with E-state index < -0.39 is 5.82 Å². The maximum atomic E-state index is 13.7. The molecule has 2 aliphatic rings. The molecule has 5 heteroatoms. The minimum Gasteiger partial charge on any atom is -0.322 e. The maximum absolute atomic E-state index is 13.7. The molecule has 0 radical (unpaired) electrons. The van der Waals surface area contributed by atoms with Crippen LogP contribution in [0.1, 0.15) is 12.8 Å². The number of anilines is 1. The highest BCUT2D eigenvalue weighted by atomic mass is 79.9. The van der Waals surface area contributed by atoms with Gasteiger partial charge in [0.1, 0.15) is 0 Å². The molecule has 3 nitrogen and oxygen atoms in total. The largest absolute Gasteiger partial charge is 0.322 e. The Labute approximate surface area is 107 Å². The van der Waals surface area contributed by atoms with Crippen molar-refractivity contribution in [2.45, 2.75) is 24.9 Å². The molecule has 3 atom stereocenters. The molecule has 1 aromatic rings. The lowest BCUT2D eigenvalue weighted by Crippen LogP contribution is -2.38. The fraction of sp³-hybridized carbons (Fsp3) is 0.417. The van der Waals surface area contributed by atoms with Crippen molar-refractivity contribution in [2.24, 2.45) is 5.92 Å². The van der Waals surface area contributed by atoms with E-state index in [1.165, 1.54) is 6.42 Å². The van der Waals surface area contributed by atoms with Crippen molar-refractivity contribution in [1.29, 1.82) is 0 Å². The van der Waals surface area contributed by atoms with E-state index in [2.05, 4.69) is 26.6 Å². The van der Waals surface area contributed by atoms with Gasteiger partial charge in [-0.25, -0.2) is 4.39 Å². The number of piperidine rings is 1. The van der Waals surface area contributed by atoms with E-state index in [9.17, 15) is 9.18 Å². The van der Waals surface area contributed by atoms with Crippen LogP contribution in [0.5, 0.6) is 0 Å². The van der Waals surface area contributed by atoms with Gasteiger partial charge < -0.3 is 10.6 Å². The van der Waals surface area contributed by atoms with Gasteiger partial charge in [0.2, 0.25) is 5.91 Å². The Morgan fingerprint density at radius 2 is 2.29 bits per heavy atom. The third kappa shape index (κ3) is 2.09. The molecule has 2 N–H and O–H groups in total. The molecule has 3 rings (SSSR count). The average molecular weight is 299 g/mol. The van der Waals surface area contributed by atoms with Crippen molar-refractivity contribution in [3.05, 3.63) is 28.5 Å². The predicted molar refractivity (Wildman–Crippen MR) is 66.2 cm³/mol. The molecule has 0 bridgehead atoms. The first kappa shape index (κ1) is 11.2. The minimum absolute atomic E-state index is 0.144. The molecule has 1 aromatic carbocycles. The van der Waals surface area contributed by atoms with Crippen LogP contribution in [0.15, 0.2) is 22.7 Å². The molecule has 0 aromatic heterocycles. The van der Waals surface area contributed by atoms with Crippen LogP contribution in [0.2, 0.25) is 0 Å². The fourth-order valence-corrected chi connectivity index (χ4v) is 2.71. The molecule has 1 aliphatic carbocycles. The number of nitrogens with one attached hydrogen (secondary N) is 2. The number of hydrogen-bond donors (Lipinski definition) is 2. The molecule has 1 amide bonds. The Kier molecular flexibility index (Phi) is 2.67. The van der Waals surface area contributed by atoms with Gasteiger partial charge in [0, 0.05) is 6.04 Å². The quantitative estimate of drug-likeness (QED) is 0.879. The Morgan fingerprint density at radius 3 is 3.00 bits per heavy atom. The number of fused-ring (bicyclic) bond motifs is 1. The zero-order valence-corrected chi connectivity index (χ0v) is 10.6. The van der Waals surface area contributed by atoms with Gasteiger partial charge in [-0.1, -0.05) is 6.07 Å². The molecule has 1 unspecified atom stereocenters. The van der Waals surface area contributed by atoms with E-state index in [1.54, 1.807) is 18.2 Å². The second kappa shape index (κ2) is 4.07. The average Bonchev–Trinajstić information content (AvgIpc) is 2.92. The van der Waals surface area contributed by atoms with E-state index in [4.69, 9.17) is 0 Å². The number of amides is 1. The highest BCUT2D eigenvalue weighted by Gasteiger charge is 2.47. The Morgan fingerprint density at radius 1 is 1.47 bits per heavy atom. The van der Waals surface area contributed by atoms with Crippen LogP contribution >= 0.6 is 15.9 Å². The summed E-state index contributed by atoms with van der Waals surface area (Å²) in [6, 6.07) is 5.21. The first-order chi connectivity index (χ1) is 8.15. The molecule has 1 saturated heterocycles. The monoisotopic (exact) mass is 298 g/mol. The Bertz CT molecular complexity index is 470. The number of hydrogen-bond acceptors (Lipinski definition) is 2. The summed E-state index contributed by atoms with van der Waals surface area (Å²) in [5.74, 6) is 0.0799. The highest BCUT2D eigenvalue weighted by molar-refractivity contribution is 9.10. The predicted octanol–water partition coefficient (Wildman–Crippen LogP) is 2.28. The summed E-state index contributed by atoms with van der Waals surface area (Å²) in [6.45, 7) is 0. The maximum Gasteiger partial charge on any atom is 0.241 e. The normalized spacial score (nSPS) is 29.9. The number of carbonyl (C=O) groups is 1. The number of rotatable bonds is 2. The molecule has 0 spiro atoms. The number of benzene rings is 1. The van der Waals surface area contributed by atoms with E-state index in [0.29, 0.717) is 16.4 Å². The standard InChI is InChI=1S/C12H12BrFN2O/c13-7-2-1-3-8(11(7)14)16-12(17)10-5-6-4-9(6)15-10/h1-3,6,9-10,15H,4-5H2,(H,16,17)/t6-,9?,10+/m1/s1. The summed E-state index contributed by atoms with van der Waals surface area (Å²) in [5, 5.41) is 5.86. The highest BCUT2D eigenvalue weighted by Crippen LogP contribution is 2.40. The number of halogens is 2. The molecule has 1 aliphatic heterocycles. The summed E-state index contributed by atoms with van der Waals surface area (Å²) in [4.78, 5) is 11.9. The SMILES string of the molecule is O=C(Nc1cccc(Br)c1F)[C@@H]1C[C@H]2CC2N1. The van der Waals surface area contributed by atoms with Crippen LogP contribution in [0.25, 0.3) is 0 Å². The first-order valence-electron chi connectivity index (χ1n) is 5.66. The van der Waals surface area contributed by atoms with Crippen molar-refractivity contribution in [2.75, 3.05) is 5.32 Å². The van der Waals surface area contributed by atoms with E-state index in [-0.39, 0.29) is 17.6 Å². The van der Waals surface area contributed by atoms with Gasteiger partial charge in [-0.05, 0) is 46.8 Å². The van der Waals surface area contributed by atoms with Gasteiger partial charge in [-0.3, -0.25) is 4.79 Å². The van der Waals surface area contributed by atoms with Crippen LogP contribution in [0, 0.1) is 11.7 Å². The second-order valence-electron chi connectivity index (χ2n) is 4.65. The first-order valence-corrected chi connectivity index (χ1v) is 6.45. The summed E-state index contributed by atoms with van der Waals surface area (Å²) >= 11 is 3.09. The summed E-state index contributed by atoms with van der Waals surface area (Å²) in [6.07, 6.45) is 2.04. The van der Waals surface area contributed by atoms with Crippen LogP contribution in [-0.4, -0.2) is 18.0 Å². The van der Waals surface area contributed by atoms with Crippen molar-refractivity contribution in [1.82, 2.24) is 5.32 Å². The van der Waals surface area contributed by atoms with Crippen LogP contribution in [0.4, 0.5) is 10.1 Å². The minimum atomic E-state index is -0.427. The third-order valence-electron chi connectivity index (χ3n) is 3.40. The zero-order chi connectivity index (χ0) is 12.0. The van der Waals surface area contributed by atoms with E-state index >= 15 is 0 Å². The van der Waals surface area contributed by atoms with Crippen molar-refractivity contribution >= 4 is 27.5 Å². The van der Waals surface area contributed by atoms with Crippen molar-refractivity contribution < 1.29 is 9.18 Å².